The molecule has 11 N–H and O–H groups in total. The van der Waals surface area contributed by atoms with Gasteiger partial charge in [-0.3, -0.25) is 32.5 Å². The number of aliphatic hydroxyl groups is 2. The number of aliphatic hydroxyl groups excluding tert-OH is 1. The van der Waals surface area contributed by atoms with E-state index in [2.05, 4.69) is 34.4 Å². The summed E-state index contributed by atoms with van der Waals surface area (Å²) in [7, 11) is -14.0. The highest BCUT2D eigenvalue weighted by Crippen LogP contribution is 2.68. The number of phenols is 1. The molecule has 3 heterocycles. The van der Waals surface area contributed by atoms with Gasteiger partial charge in [0.25, 0.3) is 5.91 Å². The second-order valence-corrected chi connectivity index (χ2v) is 19.4. The number of benzene rings is 1. The van der Waals surface area contributed by atoms with Crippen molar-refractivity contribution < 1.29 is 95.1 Å². The van der Waals surface area contributed by atoms with Crippen LogP contribution in [0.3, 0.4) is 0 Å². The normalized spacial score (nSPS) is 25.0. The molecule has 0 bridgehead atoms. The Hall–Kier alpha value is -4.08. The maximum absolute atomic E-state index is 13.0. The molecule has 2 fully saturated rings. The molecule has 0 spiro atoms. The number of aromatic nitrogens is 4. The quantitative estimate of drug-likeness (QED) is 0.0377. The molecule has 2 aromatic heterocycles. The zero-order valence-electron chi connectivity index (χ0n) is 33.4. The van der Waals surface area contributed by atoms with Crippen LogP contribution in [0.5, 0.6) is 17.2 Å². The molecule has 63 heavy (non-hydrogen) atoms. The fraction of sp³-hybridized carbons (Fsp3) is 0.500. The molecular formula is C32H44N7O20P3S. The van der Waals surface area contributed by atoms with E-state index in [1.807, 2.05) is 0 Å². The highest BCUT2D eigenvalue weighted by molar-refractivity contribution is 8.14. The summed E-state index contributed by atoms with van der Waals surface area (Å²) in [6.07, 6.45) is -4.34. The number of imidazole rings is 1. The SMILES string of the molecule is COc1cc(/C=C\C(=O)SCCNC(=O)CCNC(=O)[C@]2(O)[C@H](OP(=O)(O)OP(=O)(O)OC[C@H]3O[C@@H](n4cnc5c(N)ncnc54)[C@@H](O)[C@@H]3OP(=O)(O)O)C2(C)C)cc(OC)c1O. The molecule has 1 aliphatic carbocycles. The number of carbonyl (C=O) groups excluding carboxylic acids is 3. The Bertz CT molecular complexity index is 2360. The van der Waals surface area contributed by atoms with E-state index >= 15 is 0 Å². The lowest BCUT2D eigenvalue weighted by molar-refractivity contribution is -0.134. The van der Waals surface area contributed by atoms with Gasteiger partial charge in [-0.05, 0) is 23.8 Å². The number of ether oxygens (including phenoxy) is 3. The van der Waals surface area contributed by atoms with Gasteiger partial charge in [0.15, 0.2) is 34.8 Å². The number of phosphoric ester groups is 3. The Morgan fingerprint density at radius 1 is 1.00 bits per heavy atom. The minimum absolute atomic E-state index is 0.0131. The van der Waals surface area contributed by atoms with E-state index in [0.717, 1.165) is 29.0 Å². The number of rotatable bonds is 21. The standard InChI is InChI=1S/C32H44N7O20P3S/c1-31(2)29(32(31,45)30(44)35-8-7-20(40)34-9-10-63-21(41)6-5-16-11-17(53-3)23(42)18(12-16)54-4)58-62(51,52)59-61(49,50)55-13-19-25(57-60(46,47)48)24(43)28(56-19)39-15-38-22-26(33)36-14-37-27(22)39/h5-6,11-12,14-15,19,24-25,28-29,42-43,45H,7-10,13H2,1-4H3,(H,34,40)(H,35,44)(H,49,50)(H,51,52)(H2,33,36,37)(H2,46,47,48)/b6-5-/t19-,24+,25-,28-,29-,32-/m1/s1. The van der Waals surface area contributed by atoms with Crippen LogP contribution in [0.1, 0.15) is 32.1 Å². The average molecular weight is 972 g/mol. The van der Waals surface area contributed by atoms with E-state index in [9.17, 15) is 63.0 Å². The number of nitrogen functional groups attached to an aromatic ring is 1. The van der Waals surface area contributed by atoms with Gasteiger partial charge < -0.3 is 65.5 Å². The lowest BCUT2D eigenvalue weighted by atomic mass is 10.1. The van der Waals surface area contributed by atoms with Crippen LogP contribution in [0.25, 0.3) is 17.2 Å². The first-order valence-electron chi connectivity index (χ1n) is 18.1. The number of methoxy groups -OCH3 is 2. The van der Waals surface area contributed by atoms with Crippen molar-refractivity contribution in [2.45, 2.75) is 56.5 Å². The van der Waals surface area contributed by atoms with E-state index in [1.165, 1.54) is 52.4 Å². The fourth-order valence-corrected chi connectivity index (χ4v) is 9.84. The number of amides is 2. The maximum atomic E-state index is 13.0. The Balaban J connectivity index is 1.07. The minimum Gasteiger partial charge on any atom is -0.502 e. The molecule has 1 saturated carbocycles. The van der Waals surface area contributed by atoms with Crippen molar-refractivity contribution in [1.29, 1.82) is 0 Å². The summed E-state index contributed by atoms with van der Waals surface area (Å²) >= 11 is 0.900. The number of nitrogens with zero attached hydrogens (tertiary/aromatic N) is 4. The molecule has 1 saturated heterocycles. The van der Waals surface area contributed by atoms with Gasteiger partial charge in [0.1, 0.15) is 36.3 Å². The molecule has 0 radical (unpaired) electrons. The number of carbonyl (C=O) groups is 3. The van der Waals surface area contributed by atoms with Gasteiger partial charge in [0.05, 0.1) is 27.2 Å². The topological polar surface area (TPSA) is 402 Å². The summed E-state index contributed by atoms with van der Waals surface area (Å²) in [5.74, 6) is -1.44. The summed E-state index contributed by atoms with van der Waals surface area (Å²) < 4.78 is 73.0. The molecular weight excluding hydrogens is 927 g/mol. The Morgan fingerprint density at radius 2 is 1.67 bits per heavy atom. The minimum atomic E-state index is -5.68. The van der Waals surface area contributed by atoms with Crippen molar-refractivity contribution in [1.82, 2.24) is 30.2 Å². The first-order chi connectivity index (χ1) is 29.3. The number of nitrogens with two attached hydrogens (primary N) is 1. The lowest BCUT2D eigenvalue weighted by Gasteiger charge is -2.22. The molecule has 1 aliphatic heterocycles. The zero-order valence-corrected chi connectivity index (χ0v) is 36.9. The number of anilines is 1. The summed E-state index contributed by atoms with van der Waals surface area (Å²) in [5.41, 5.74) is 2.28. The van der Waals surface area contributed by atoms with Gasteiger partial charge in [0.2, 0.25) is 16.8 Å². The largest absolute Gasteiger partial charge is 0.502 e. The number of phosphoric acid groups is 3. The number of hydrogen-bond acceptors (Lipinski definition) is 21. The number of aromatic hydroxyl groups is 1. The number of phenolic OH excluding ortho intramolecular Hbond substituents is 1. The number of nitrogens with one attached hydrogen (secondary N) is 2. The molecule has 3 aromatic rings. The highest BCUT2D eigenvalue weighted by Gasteiger charge is 2.78. The summed E-state index contributed by atoms with van der Waals surface area (Å²) in [4.78, 5) is 89.0. The smallest absolute Gasteiger partial charge is 0.481 e. The van der Waals surface area contributed by atoms with Crippen molar-refractivity contribution in [3.8, 4) is 17.2 Å². The van der Waals surface area contributed by atoms with Crippen LogP contribution in [0.4, 0.5) is 5.82 Å². The number of hydrogen-bond donors (Lipinski definition) is 10. The van der Waals surface area contributed by atoms with Gasteiger partial charge in [-0.1, -0.05) is 31.7 Å². The van der Waals surface area contributed by atoms with Gasteiger partial charge >= 0.3 is 23.5 Å². The molecule has 31 heteroatoms. The van der Waals surface area contributed by atoms with Crippen LogP contribution in [0.2, 0.25) is 0 Å². The fourth-order valence-electron chi connectivity index (χ4n) is 6.29. The van der Waals surface area contributed by atoms with Gasteiger partial charge in [-0.2, -0.15) is 4.31 Å². The molecule has 2 amide bonds. The predicted molar refractivity (Wildman–Crippen MR) is 215 cm³/mol. The first kappa shape index (κ1) is 49.9. The van der Waals surface area contributed by atoms with Crippen molar-refractivity contribution in [2.75, 3.05) is 45.4 Å². The Morgan fingerprint density at radius 3 is 2.30 bits per heavy atom. The van der Waals surface area contributed by atoms with E-state index < -0.39 is 83.5 Å². The summed E-state index contributed by atoms with van der Waals surface area (Å²) in [6.45, 7) is 1.11. The van der Waals surface area contributed by atoms with Crippen molar-refractivity contribution in [2.24, 2.45) is 5.41 Å². The molecule has 5 rings (SSSR count). The molecule has 1 aromatic carbocycles. The molecule has 2 unspecified atom stereocenters. The third-order valence-electron chi connectivity index (χ3n) is 9.58. The summed E-state index contributed by atoms with van der Waals surface area (Å²) in [6, 6.07) is 3.00. The molecule has 8 atom stereocenters. The van der Waals surface area contributed by atoms with E-state index in [1.54, 1.807) is 0 Å². The van der Waals surface area contributed by atoms with E-state index in [0.29, 0.717) is 5.56 Å². The summed E-state index contributed by atoms with van der Waals surface area (Å²) in [5, 5.41) is 36.6. The van der Waals surface area contributed by atoms with Crippen LogP contribution in [0, 0.1) is 5.41 Å². The lowest BCUT2D eigenvalue weighted by Crippen LogP contribution is -2.42. The third-order valence-corrected chi connectivity index (χ3v) is 13.5. The van der Waals surface area contributed by atoms with Crippen LogP contribution >= 0.6 is 35.2 Å². The monoisotopic (exact) mass is 971 g/mol. The number of fused-ring (bicyclic) bond motifs is 1. The second kappa shape index (κ2) is 19.6. The maximum Gasteiger partial charge on any atom is 0.481 e. The van der Waals surface area contributed by atoms with E-state index in [-0.39, 0.29) is 64.6 Å². The predicted octanol–water partition coefficient (Wildman–Crippen LogP) is -0.147. The highest BCUT2D eigenvalue weighted by atomic mass is 32.2. The van der Waals surface area contributed by atoms with Crippen molar-refractivity contribution >= 4 is 75.2 Å². The van der Waals surface area contributed by atoms with Crippen LogP contribution in [-0.4, -0.2) is 141 Å². The third kappa shape index (κ3) is 11.8. The molecule has 348 valence electrons. The number of thioether (sulfide) groups is 1. The Kier molecular flexibility index (Phi) is 15.5. The second-order valence-electron chi connectivity index (χ2n) is 14.1. The van der Waals surface area contributed by atoms with Gasteiger partial charge in [-0.15, -0.1) is 0 Å². The van der Waals surface area contributed by atoms with Crippen molar-refractivity contribution in [3.05, 3.63) is 36.4 Å². The average Bonchev–Trinajstić information content (AvgIpc) is 3.52. The van der Waals surface area contributed by atoms with Crippen molar-refractivity contribution in [3.63, 3.8) is 0 Å². The van der Waals surface area contributed by atoms with Crippen LogP contribution < -0.4 is 25.8 Å². The zero-order chi connectivity index (χ0) is 46.7. The van der Waals surface area contributed by atoms with Crippen LogP contribution in [-0.2, 0) is 50.7 Å². The Labute approximate surface area is 360 Å². The van der Waals surface area contributed by atoms with Gasteiger partial charge in [-0.25, -0.2) is 28.6 Å². The van der Waals surface area contributed by atoms with Crippen LogP contribution in [0.15, 0.2) is 30.9 Å². The molecule has 2 aliphatic rings. The molecule has 27 nitrogen and oxygen atoms in total. The van der Waals surface area contributed by atoms with E-state index in [4.69, 9.17) is 29.0 Å². The van der Waals surface area contributed by atoms with Gasteiger partial charge in [0, 0.05) is 30.7 Å². The first-order valence-corrected chi connectivity index (χ1v) is 23.6.